The molecule has 3 aromatic heterocycles. The lowest BCUT2D eigenvalue weighted by molar-refractivity contribution is -0.114. The highest BCUT2D eigenvalue weighted by Gasteiger charge is 2.19. The van der Waals surface area contributed by atoms with Crippen LogP contribution in [-0.2, 0) is 18.3 Å². The average Bonchev–Trinajstić information content (AvgIpc) is 3.43. The summed E-state index contributed by atoms with van der Waals surface area (Å²) in [6, 6.07) is 1.89. The van der Waals surface area contributed by atoms with E-state index in [-0.39, 0.29) is 17.8 Å². The monoisotopic (exact) mass is 441 g/mol. The number of aldehydes is 1. The van der Waals surface area contributed by atoms with Crippen molar-refractivity contribution in [3.8, 4) is 0 Å². The van der Waals surface area contributed by atoms with E-state index in [1.165, 1.54) is 24.6 Å². The van der Waals surface area contributed by atoms with Crippen molar-refractivity contribution in [2.75, 3.05) is 20.6 Å². The second-order valence-corrected chi connectivity index (χ2v) is 7.83. The molecule has 3 heterocycles. The molecule has 0 spiro atoms. The van der Waals surface area contributed by atoms with Crippen LogP contribution in [-0.4, -0.2) is 70.0 Å². The van der Waals surface area contributed by atoms with Gasteiger partial charge in [0.25, 0.3) is 5.91 Å². The number of aromatic amines is 1. The van der Waals surface area contributed by atoms with Gasteiger partial charge >= 0.3 is 0 Å². The zero-order valence-corrected chi connectivity index (χ0v) is 18.2. The van der Waals surface area contributed by atoms with Gasteiger partial charge in [-0.3, -0.25) is 24.7 Å². The number of nitrogens with zero attached hydrogens (tertiary/aromatic N) is 6. The van der Waals surface area contributed by atoms with Crippen molar-refractivity contribution in [2.45, 2.75) is 6.42 Å². The van der Waals surface area contributed by atoms with Crippen molar-refractivity contribution in [3.63, 3.8) is 0 Å². The van der Waals surface area contributed by atoms with Crippen molar-refractivity contribution < 1.29 is 9.59 Å². The van der Waals surface area contributed by atoms with Gasteiger partial charge in [-0.25, -0.2) is 4.98 Å². The molecule has 0 radical (unpaired) electrons. The molecule has 3 rings (SSSR count). The molecule has 0 bridgehead atoms. The van der Waals surface area contributed by atoms with Crippen LogP contribution in [0.2, 0.25) is 0 Å². The van der Waals surface area contributed by atoms with Crippen LogP contribution >= 0.6 is 11.3 Å². The first-order valence-corrected chi connectivity index (χ1v) is 10.0. The maximum Gasteiger partial charge on any atom is 0.252 e. The Kier molecular flexibility index (Phi) is 6.60. The third kappa shape index (κ3) is 4.69. The molecule has 0 atom stereocenters. The number of thiazole rings is 1. The molecule has 0 aromatic carbocycles. The minimum atomic E-state index is -0.664. The van der Waals surface area contributed by atoms with Crippen LogP contribution in [0.3, 0.4) is 0 Å². The molecule has 12 heteroatoms. The lowest BCUT2D eigenvalue weighted by atomic mass is 10.2. The number of carbonyl (C=O) groups is 2. The molecule has 5 N–H and O–H groups in total. The number of aromatic nitrogens is 4. The summed E-state index contributed by atoms with van der Waals surface area (Å²) in [7, 11) is 5.01. The fourth-order valence-electron chi connectivity index (χ4n) is 3.02. The van der Waals surface area contributed by atoms with Crippen molar-refractivity contribution in [2.24, 2.45) is 28.6 Å². The zero-order valence-electron chi connectivity index (χ0n) is 17.4. The number of hydrazone groups is 1. The first-order valence-electron chi connectivity index (χ1n) is 9.22. The number of rotatable bonds is 9. The van der Waals surface area contributed by atoms with Crippen LogP contribution in [0.15, 0.2) is 33.6 Å². The third-order valence-electron chi connectivity index (χ3n) is 4.52. The summed E-state index contributed by atoms with van der Waals surface area (Å²) in [5.41, 5.74) is 14.5. The van der Waals surface area contributed by atoms with Crippen molar-refractivity contribution in [1.82, 2.24) is 24.8 Å². The fraction of sp³-hybridized carbons (Fsp3) is 0.263. The van der Waals surface area contributed by atoms with Gasteiger partial charge in [-0.2, -0.15) is 10.2 Å². The fourth-order valence-corrected chi connectivity index (χ4v) is 4.16. The molecule has 0 unspecified atom stereocenters. The quantitative estimate of drug-likeness (QED) is 0.189. The van der Waals surface area contributed by atoms with Crippen LogP contribution < -0.4 is 11.5 Å². The standard InChI is InChI=1S/C19H23N9O2S/c1-22-7-12(18(21)30)14(20)9-27(2)24-8-13-15(10-29)28(3)19-17(13)31-16(25-19)6-11-4-5-23-26-11/h4-5,7-8,10H,6,9,20H2,1-3H3,(H2,21,30)(H,23,26)/b14-12?,22-7?,24-8-. The highest BCUT2D eigenvalue weighted by atomic mass is 32.1. The Morgan fingerprint density at radius 3 is 2.81 bits per heavy atom. The molecule has 3 aromatic rings. The van der Waals surface area contributed by atoms with Gasteiger partial charge in [-0.15, -0.1) is 11.3 Å². The molecular weight excluding hydrogens is 418 g/mol. The molecular formula is C19H23N9O2S. The molecule has 11 nitrogen and oxygen atoms in total. The number of nitrogens with two attached hydrogens (primary N) is 2. The minimum Gasteiger partial charge on any atom is -0.400 e. The number of amides is 1. The first-order chi connectivity index (χ1) is 14.8. The van der Waals surface area contributed by atoms with Crippen molar-refractivity contribution in [1.29, 1.82) is 0 Å². The lowest BCUT2D eigenvalue weighted by Crippen LogP contribution is -2.26. The maximum absolute atomic E-state index is 11.7. The molecule has 0 aliphatic heterocycles. The molecule has 0 aliphatic carbocycles. The normalized spacial score (nSPS) is 12.7. The maximum atomic E-state index is 11.7. The molecule has 0 fully saturated rings. The second kappa shape index (κ2) is 9.34. The van der Waals surface area contributed by atoms with Crippen molar-refractivity contribution >= 4 is 46.3 Å². The van der Waals surface area contributed by atoms with E-state index in [4.69, 9.17) is 11.5 Å². The number of likely N-dealkylation sites (N-methyl/N-ethyl adjacent to an activating group) is 1. The van der Waals surface area contributed by atoms with E-state index in [2.05, 4.69) is 25.3 Å². The molecule has 1 amide bonds. The topological polar surface area (TPSA) is 161 Å². The first kappa shape index (κ1) is 21.9. The SMILES string of the molecule is CN=CC(C(N)=O)=C(N)CN(C)/N=C\c1c(C=O)n(C)c2nc(Cc3ccn[nH]3)sc12. The van der Waals surface area contributed by atoms with Gasteiger partial charge in [0.1, 0.15) is 5.01 Å². The van der Waals surface area contributed by atoms with Crippen LogP contribution in [0.4, 0.5) is 0 Å². The van der Waals surface area contributed by atoms with Crippen LogP contribution in [0.25, 0.3) is 10.3 Å². The van der Waals surface area contributed by atoms with Gasteiger partial charge in [0.2, 0.25) is 0 Å². The number of nitrogens with one attached hydrogen (secondary N) is 1. The summed E-state index contributed by atoms with van der Waals surface area (Å²) in [6.07, 6.45) is 6.00. The zero-order chi connectivity index (χ0) is 22.5. The number of carbonyl (C=O) groups excluding carboxylic acids is 2. The van der Waals surface area contributed by atoms with Crippen LogP contribution in [0, 0.1) is 0 Å². The Balaban J connectivity index is 1.89. The van der Waals surface area contributed by atoms with Gasteiger partial charge in [0, 0.05) is 56.9 Å². The number of primary amides is 1. The molecule has 0 aliphatic rings. The molecule has 31 heavy (non-hydrogen) atoms. The Morgan fingerprint density at radius 2 is 2.19 bits per heavy atom. The van der Waals surface area contributed by atoms with E-state index in [0.29, 0.717) is 23.3 Å². The van der Waals surface area contributed by atoms with E-state index in [0.717, 1.165) is 21.7 Å². The molecule has 162 valence electrons. The number of H-pyrrole nitrogens is 1. The Hall–Kier alpha value is -3.80. The van der Waals surface area contributed by atoms with E-state index >= 15 is 0 Å². The van der Waals surface area contributed by atoms with Gasteiger partial charge in [0.15, 0.2) is 11.9 Å². The Bertz CT molecular complexity index is 1190. The summed E-state index contributed by atoms with van der Waals surface area (Å²) in [5.74, 6) is -0.664. The van der Waals surface area contributed by atoms with Crippen LogP contribution in [0.1, 0.15) is 26.8 Å². The number of hydrogen-bond acceptors (Lipinski definition) is 9. The predicted octanol–water partition coefficient (Wildman–Crippen LogP) is 0.426. The van der Waals surface area contributed by atoms with Gasteiger partial charge in [-0.05, 0) is 6.07 Å². The van der Waals surface area contributed by atoms with E-state index in [1.807, 2.05) is 6.07 Å². The minimum absolute atomic E-state index is 0.131. The van der Waals surface area contributed by atoms with E-state index < -0.39 is 5.91 Å². The summed E-state index contributed by atoms with van der Waals surface area (Å²) in [5, 5.41) is 13.7. The second-order valence-electron chi connectivity index (χ2n) is 6.75. The number of aliphatic imine (C=N–C) groups is 1. The largest absolute Gasteiger partial charge is 0.400 e. The van der Waals surface area contributed by atoms with Crippen molar-refractivity contribution in [3.05, 3.63) is 45.5 Å². The number of hydrogen-bond donors (Lipinski definition) is 3. The average molecular weight is 442 g/mol. The number of fused-ring (bicyclic) bond motifs is 1. The number of aryl methyl sites for hydroxylation is 1. The van der Waals surface area contributed by atoms with E-state index in [9.17, 15) is 9.59 Å². The smallest absolute Gasteiger partial charge is 0.252 e. The van der Waals surface area contributed by atoms with Gasteiger partial charge in [0.05, 0.1) is 28.7 Å². The predicted molar refractivity (Wildman–Crippen MR) is 120 cm³/mol. The molecule has 0 saturated carbocycles. The summed E-state index contributed by atoms with van der Waals surface area (Å²) in [4.78, 5) is 31.7. The third-order valence-corrected chi connectivity index (χ3v) is 5.60. The highest BCUT2D eigenvalue weighted by Crippen LogP contribution is 2.30. The van der Waals surface area contributed by atoms with E-state index in [1.54, 1.807) is 36.1 Å². The molecule has 0 saturated heterocycles. The Morgan fingerprint density at radius 1 is 1.42 bits per heavy atom. The lowest BCUT2D eigenvalue weighted by Gasteiger charge is -2.14. The van der Waals surface area contributed by atoms with Gasteiger partial charge < -0.3 is 16.0 Å². The van der Waals surface area contributed by atoms with Gasteiger partial charge in [-0.1, -0.05) is 0 Å². The highest BCUT2D eigenvalue weighted by molar-refractivity contribution is 7.19. The summed E-state index contributed by atoms with van der Waals surface area (Å²) >= 11 is 1.49. The Labute approximate surface area is 182 Å². The summed E-state index contributed by atoms with van der Waals surface area (Å²) < 4.78 is 2.60. The van der Waals surface area contributed by atoms with Crippen LogP contribution in [0.5, 0.6) is 0 Å². The summed E-state index contributed by atoms with van der Waals surface area (Å²) in [6.45, 7) is 0.154.